The van der Waals surface area contributed by atoms with E-state index < -0.39 is 16.6 Å². The summed E-state index contributed by atoms with van der Waals surface area (Å²) >= 11 is 0. The van der Waals surface area contributed by atoms with Gasteiger partial charge >= 0.3 is 11.7 Å². The third-order valence-electron chi connectivity index (χ3n) is 2.94. The predicted octanol–water partition coefficient (Wildman–Crippen LogP) is 3.26. The number of benzene rings is 1. The molecule has 0 saturated heterocycles. The Labute approximate surface area is 122 Å². The van der Waals surface area contributed by atoms with Crippen molar-refractivity contribution in [1.29, 1.82) is 0 Å². The largest absolute Gasteiger partial charge is 0.493 e. The maximum absolute atomic E-state index is 11.1. The zero-order valence-electron chi connectivity index (χ0n) is 12.1. The monoisotopic (exact) mass is 297 g/mol. The second-order valence-corrected chi connectivity index (χ2v) is 4.50. The highest BCUT2D eigenvalue weighted by atomic mass is 16.6. The Kier molecular flexibility index (Phi) is 6.45. The number of rotatable bonds is 9. The maximum Gasteiger partial charge on any atom is 0.336 e. The van der Waals surface area contributed by atoms with E-state index in [9.17, 15) is 14.9 Å². The molecule has 7 heteroatoms. The first-order valence-corrected chi connectivity index (χ1v) is 6.73. The van der Waals surface area contributed by atoms with Crippen molar-refractivity contribution in [2.45, 2.75) is 32.6 Å². The van der Waals surface area contributed by atoms with Crippen molar-refractivity contribution in [2.24, 2.45) is 0 Å². The van der Waals surface area contributed by atoms with Crippen LogP contribution in [0.2, 0.25) is 0 Å². The lowest BCUT2D eigenvalue weighted by atomic mass is 10.1. The topological polar surface area (TPSA) is 98.9 Å². The van der Waals surface area contributed by atoms with E-state index >= 15 is 0 Å². The summed E-state index contributed by atoms with van der Waals surface area (Å²) in [6.07, 6.45) is 3.89. The molecule has 7 nitrogen and oxygen atoms in total. The normalized spacial score (nSPS) is 10.2. The number of nitro benzene ring substituents is 1. The van der Waals surface area contributed by atoms with Gasteiger partial charge < -0.3 is 14.6 Å². The van der Waals surface area contributed by atoms with Crippen molar-refractivity contribution in [3.63, 3.8) is 0 Å². The molecule has 0 radical (unpaired) electrons. The van der Waals surface area contributed by atoms with Gasteiger partial charge in [0.15, 0.2) is 5.75 Å². The molecule has 0 atom stereocenters. The number of ether oxygens (including phenoxy) is 2. The molecule has 0 saturated carbocycles. The number of carboxylic acids is 1. The molecule has 0 fully saturated rings. The summed E-state index contributed by atoms with van der Waals surface area (Å²) in [5.74, 6) is -1.23. The van der Waals surface area contributed by atoms with Crippen molar-refractivity contribution >= 4 is 11.7 Å². The second-order valence-electron chi connectivity index (χ2n) is 4.50. The van der Waals surface area contributed by atoms with Crippen molar-refractivity contribution in [3.05, 3.63) is 27.8 Å². The Hall–Kier alpha value is -2.31. The van der Waals surface area contributed by atoms with Gasteiger partial charge in [-0.25, -0.2) is 4.79 Å². The van der Waals surface area contributed by atoms with Gasteiger partial charge in [-0.1, -0.05) is 26.2 Å². The molecule has 1 aromatic carbocycles. The van der Waals surface area contributed by atoms with Gasteiger partial charge in [0.25, 0.3) is 0 Å². The van der Waals surface area contributed by atoms with Gasteiger partial charge in [0.05, 0.1) is 24.2 Å². The van der Waals surface area contributed by atoms with E-state index in [1.807, 2.05) is 0 Å². The van der Waals surface area contributed by atoms with Crippen LogP contribution in [-0.4, -0.2) is 29.7 Å². The van der Waals surface area contributed by atoms with Crippen molar-refractivity contribution in [1.82, 2.24) is 0 Å². The van der Waals surface area contributed by atoms with Crippen LogP contribution >= 0.6 is 0 Å². The van der Waals surface area contributed by atoms with E-state index in [2.05, 4.69) is 6.92 Å². The van der Waals surface area contributed by atoms with Gasteiger partial charge in [-0.15, -0.1) is 0 Å². The molecule has 0 aliphatic heterocycles. The number of carboxylic acid groups (broad SMARTS) is 1. The van der Waals surface area contributed by atoms with Crippen LogP contribution in [0.3, 0.4) is 0 Å². The number of aromatic carboxylic acids is 1. The van der Waals surface area contributed by atoms with Gasteiger partial charge in [0.1, 0.15) is 0 Å². The standard InChI is InChI=1S/C14H19NO6/c1-3-4-5-6-7-21-13-11(15(18)19)8-10(14(16)17)9-12(13)20-2/h8-9H,3-7H2,1-2H3,(H,16,17). The smallest absolute Gasteiger partial charge is 0.336 e. The number of hydrogen-bond acceptors (Lipinski definition) is 5. The quantitative estimate of drug-likeness (QED) is 0.426. The summed E-state index contributed by atoms with van der Waals surface area (Å²) in [6, 6.07) is 2.20. The predicted molar refractivity (Wildman–Crippen MR) is 76.2 cm³/mol. The highest BCUT2D eigenvalue weighted by molar-refractivity contribution is 5.90. The summed E-state index contributed by atoms with van der Waals surface area (Å²) in [4.78, 5) is 21.4. The van der Waals surface area contributed by atoms with E-state index in [-0.39, 0.29) is 17.1 Å². The van der Waals surface area contributed by atoms with Crippen molar-refractivity contribution in [3.8, 4) is 11.5 Å². The number of nitrogens with zero attached hydrogens (tertiary/aromatic N) is 1. The van der Waals surface area contributed by atoms with Crippen LogP contribution in [0.5, 0.6) is 11.5 Å². The number of nitro groups is 1. The second kappa shape index (κ2) is 8.08. The van der Waals surface area contributed by atoms with E-state index in [1.165, 1.54) is 13.2 Å². The minimum atomic E-state index is -1.26. The Morgan fingerprint density at radius 3 is 2.57 bits per heavy atom. The first kappa shape index (κ1) is 16.7. The van der Waals surface area contributed by atoms with E-state index in [4.69, 9.17) is 14.6 Å². The molecule has 1 rings (SSSR count). The van der Waals surface area contributed by atoms with Crippen LogP contribution in [0.15, 0.2) is 12.1 Å². The van der Waals surface area contributed by atoms with Gasteiger partial charge in [0.2, 0.25) is 5.75 Å². The van der Waals surface area contributed by atoms with E-state index in [0.717, 1.165) is 31.7 Å². The molecule has 0 aliphatic rings. The average Bonchev–Trinajstić information content (AvgIpc) is 2.46. The molecule has 0 aromatic heterocycles. The van der Waals surface area contributed by atoms with E-state index in [0.29, 0.717) is 6.61 Å². The Morgan fingerprint density at radius 1 is 1.33 bits per heavy atom. The molecule has 1 aromatic rings. The number of unbranched alkanes of at least 4 members (excludes halogenated alkanes) is 3. The van der Waals surface area contributed by atoms with Crippen LogP contribution in [0, 0.1) is 10.1 Å². The molecular weight excluding hydrogens is 278 g/mol. The lowest BCUT2D eigenvalue weighted by Gasteiger charge is -2.11. The van der Waals surface area contributed by atoms with Crippen LogP contribution in [0.4, 0.5) is 5.69 Å². The minimum absolute atomic E-state index is 0.0241. The Balaban J connectivity index is 2.99. The fraction of sp³-hybridized carbons (Fsp3) is 0.500. The Morgan fingerprint density at radius 2 is 2.05 bits per heavy atom. The fourth-order valence-electron chi connectivity index (χ4n) is 1.85. The SMILES string of the molecule is CCCCCCOc1c(OC)cc(C(=O)O)cc1[N+](=O)[O-]. The van der Waals surface area contributed by atoms with Crippen LogP contribution in [0.1, 0.15) is 43.0 Å². The molecule has 0 unspecified atom stereocenters. The molecule has 21 heavy (non-hydrogen) atoms. The molecule has 0 aliphatic carbocycles. The van der Waals surface area contributed by atoms with Crippen LogP contribution < -0.4 is 9.47 Å². The lowest BCUT2D eigenvalue weighted by Crippen LogP contribution is -2.05. The molecule has 0 amide bonds. The molecular formula is C14H19NO6. The number of carbonyl (C=O) groups is 1. The fourth-order valence-corrected chi connectivity index (χ4v) is 1.85. The van der Waals surface area contributed by atoms with Crippen LogP contribution in [0.25, 0.3) is 0 Å². The molecule has 0 heterocycles. The molecule has 1 N–H and O–H groups in total. The zero-order valence-corrected chi connectivity index (χ0v) is 12.1. The van der Waals surface area contributed by atoms with Gasteiger partial charge in [-0.3, -0.25) is 10.1 Å². The first-order valence-electron chi connectivity index (χ1n) is 6.73. The molecule has 116 valence electrons. The number of hydrogen-bond donors (Lipinski definition) is 1. The molecule has 0 spiro atoms. The van der Waals surface area contributed by atoms with Crippen LogP contribution in [-0.2, 0) is 0 Å². The lowest BCUT2D eigenvalue weighted by molar-refractivity contribution is -0.386. The Bertz CT molecular complexity index is 514. The summed E-state index contributed by atoms with van der Waals surface area (Å²) in [5.41, 5.74) is -0.612. The zero-order chi connectivity index (χ0) is 15.8. The maximum atomic E-state index is 11.1. The van der Waals surface area contributed by atoms with Crippen molar-refractivity contribution < 1.29 is 24.3 Å². The first-order chi connectivity index (χ1) is 10.0. The summed E-state index contributed by atoms with van der Waals surface area (Å²) < 4.78 is 10.5. The van der Waals surface area contributed by atoms with Gasteiger partial charge in [0, 0.05) is 6.07 Å². The third kappa shape index (κ3) is 4.62. The number of methoxy groups -OCH3 is 1. The highest BCUT2D eigenvalue weighted by Gasteiger charge is 2.24. The molecule has 0 bridgehead atoms. The van der Waals surface area contributed by atoms with Gasteiger partial charge in [-0.2, -0.15) is 0 Å². The average molecular weight is 297 g/mol. The van der Waals surface area contributed by atoms with Crippen molar-refractivity contribution in [2.75, 3.05) is 13.7 Å². The summed E-state index contributed by atoms with van der Waals surface area (Å²) in [6.45, 7) is 2.41. The summed E-state index contributed by atoms with van der Waals surface area (Å²) in [7, 11) is 1.31. The summed E-state index contributed by atoms with van der Waals surface area (Å²) in [5, 5.41) is 20.0. The third-order valence-corrected chi connectivity index (χ3v) is 2.94. The van der Waals surface area contributed by atoms with Gasteiger partial charge in [-0.05, 0) is 12.5 Å². The van der Waals surface area contributed by atoms with E-state index in [1.54, 1.807) is 0 Å². The highest BCUT2D eigenvalue weighted by Crippen LogP contribution is 2.38. The minimum Gasteiger partial charge on any atom is -0.493 e.